The number of carbonyl (C=O) groups excluding carboxylic acids is 2. The summed E-state index contributed by atoms with van der Waals surface area (Å²) >= 11 is 0. The van der Waals surface area contributed by atoms with Crippen LogP contribution in [0.5, 0.6) is 5.75 Å². The molecule has 1 aromatic carbocycles. The van der Waals surface area contributed by atoms with E-state index < -0.39 is 28.6 Å². The van der Waals surface area contributed by atoms with E-state index in [-0.39, 0.29) is 12.5 Å². The Morgan fingerprint density at radius 2 is 1.93 bits per heavy atom. The number of likely N-dealkylation sites (N-methyl/N-ethyl adjacent to an activating group) is 1. The number of methoxy groups -OCH3 is 1. The van der Waals surface area contributed by atoms with Crippen molar-refractivity contribution < 1.29 is 24.2 Å². The summed E-state index contributed by atoms with van der Waals surface area (Å²) in [5.41, 5.74) is -1.61. The molecule has 1 aliphatic heterocycles. The van der Waals surface area contributed by atoms with Gasteiger partial charge in [0.05, 0.1) is 12.5 Å². The maximum atomic E-state index is 13.8. The highest BCUT2D eigenvalue weighted by Gasteiger charge is 2.65. The fraction of sp³-hybridized carbons (Fsp3) is 0.591. The van der Waals surface area contributed by atoms with Gasteiger partial charge in [0.1, 0.15) is 11.7 Å². The maximum absolute atomic E-state index is 13.8. The molecule has 1 aromatic rings. The monoisotopic (exact) mass is 404 g/mol. The van der Waals surface area contributed by atoms with Gasteiger partial charge in [-0.2, -0.15) is 0 Å². The summed E-state index contributed by atoms with van der Waals surface area (Å²) in [6, 6.07) is 7.21. The van der Waals surface area contributed by atoms with E-state index in [1.165, 1.54) is 0 Å². The average Bonchev–Trinajstić information content (AvgIpc) is 2.64. The second kappa shape index (κ2) is 8.53. The number of carboxylic acids is 1. The largest absolute Gasteiger partial charge is 0.497 e. The molecule has 7 heteroatoms. The molecule has 0 spiro atoms. The van der Waals surface area contributed by atoms with E-state index in [1.54, 1.807) is 46.1 Å². The van der Waals surface area contributed by atoms with Crippen molar-refractivity contribution in [2.45, 2.75) is 39.0 Å². The zero-order valence-electron chi connectivity index (χ0n) is 18.2. The van der Waals surface area contributed by atoms with Gasteiger partial charge in [-0.25, -0.2) is 0 Å². The third-order valence-corrected chi connectivity index (χ3v) is 6.23. The van der Waals surface area contributed by atoms with Gasteiger partial charge in [-0.1, -0.05) is 26.0 Å². The number of imide groups is 1. The molecule has 2 rings (SSSR count). The van der Waals surface area contributed by atoms with Crippen molar-refractivity contribution in [2.75, 3.05) is 34.3 Å². The first-order valence-electron chi connectivity index (χ1n) is 9.92. The van der Waals surface area contributed by atoms with Gasteiger partial charge in [-0.15, -0.1) is 0 Å². The normalized spacial score (nSPS) is 24.1. The third-order valence-electron chi connectivity index (χ3n) is 6.23. The molecule has 2 unspecified atom stereocenters. The molecule has 1 N–H and O–H groups in total. The number of hydrogen-bond acceptors (Lipinski definition) is 5. The van der Waals surface area contributed by atoms with E-state index >= 15 is 0 Å². The van der Waals surface area contributed by atoms with Crippen LogP contribution in [0.3, 0.4) is 0 Å². The standard InChI is InChI=1S/C22H32N2O5/c1-7-24-18(25)17(19(26)27)21(2,3)22(20(24)28,12-9-13-23(4)5)15-10-8-11-16(14-15)29-6/h8,10-11,14,17H,7,9,12-13H2,1-6H3,(H,26,27). The summed E-state index contributed by atoms with van der Waals surface area (Å²) in [5.74, 6) is -2.90. The van der Waals surface area contributed by atoms with Crippen LogP contribution in [-0.4, -0.2) is 67.0 Å². The minimum Gasteiger partial charge on any atom is -0.497 e. The molecule has 1 aliphatic rings. The van der Waals surface area contributed by atoms with Crippen molar-refractivity contribution >= 4 is 17.8 Å². The lowest BCUT2D eigenvalue weighted by Crippen LogP contribution is -2.68. The minimum atomic E-state index is -1.31. The quantitative estimate of drug-likeness (QED) is 0.529. The van der Waals surface area contributed by atoms with Crippen LogP contribution in [0.4, 0.5) is 0 Å². The zero-order valence-corrected chi connectivity index (χ0v) is 18.2. The Labute approximate surface area is 172 Å². The molecule has 0 bridgehead atoms. The number of ether oxygens (including phenoxy) is 1. The van der Waals surface area contributed by atoms with Crippen molar-refractivity contribution in [2.24, 2.45) is 11.3 Å². The van der Waals surface area contributed by atoms with Crippen molar-refractivity contribution in [3.8, 4) is 5.75 Å². The average molecular weight is 405 g/mol. The van der Waals surface area contributed by atoms with E-state index in [1.807, 2.05) is 25.1 Å². The molecule has 1 saturated heterocycles. The van der Waals surface area contributed by atoms with Gasteiger partial charge in [0, 0.05) is 12.0 Å². The Morgan fingerprint density at radius 1 is 1.28 bits per heavy atom. The molecule has 0 aromatic heterocycles. The SMILES string of the molecule is CCN1C(=O)C(C(=O)O)C(C)(C)C(CCCN(C)C)(c2cccc(OC)c2)C1=O. The smallest absolute Gasteiger partial charge is 0.316 e. The van der Waals surface area contributed by atoms with Crippen LogP contribution in [-0.2, 0) is 19.8 Å². The lowest BCUT2D eigenvalue weighted by Gasteiger charge is -2.54. The van der Waals surface area contributed by atoms with Gasteiger partial charge in [-0.3, -0.25) is 19.3 Å². The topological polar surface area (TPSA) is 87.2 Å². The summed E-state index contributed by atoms with van der Waals surface area (Å²) in [6.45, 7) is 6.03. The Bertz CT molecular complexity index is 789. The molecule has 7 nitrogen and oxygen atoms in total. The molecule has 0 aliphatic carbocycles. The predicted molar refractivity (Wildman–Crippen MR) is 110 cm³/mol. The molecule has 0 saturated carbocycles. The number of rotatable bonds is 8. The third kappa shape index (κ3) is 3.75. The fourth-order valence-corrected chi connectivity index (χ4v) is 4.65. The summed E-state index contributed by atoms with van der Waals surface area (Å²) in [4.78, 5) is 42.1. The molecule has 2 amide bonds. The highest BCUT2D eigenvalue weighted by molar-refractivity contribution is 6.12. The first kappa shape index (κ1) is 22.9. The number of amides is 2. The van der Waals surface area contributed by atoms with Gasteiger partial charge >= 0.3 is 5.97 Å². The van der Waals surface area contributed by atoms with Gasteiger partial charge in [-0.05, 0) is 58.1 Å². The highest BCUT2D eigenvalue weighted by atomic mass is 16.5. The number of piperidine rings is 1. The van der Waals surface area contributed by atoms with Crippen LogP contribution in [0.2, 0.25) is 0 Å². The van der Waals surface area contributed by atoms with Crippen molar-refractivity contribution in [3.63, 3.8) is 0 Å². The molecule has 160 valence electrons. The van der Waals surface area contributed by atoms with Crippen LogP contribution in [0.25, 0.3) is 0 Å². The summed E-state index contributed by atoms with van der Waals surface area (Å²) in [5, 5.41) is 9.95. The molecular formula is C22H32N2O5. The van der Waals surface area contributed by atoms with Crippen LogP contribution < -0.4 is 4.74 Å². The van der Waals surface area contributed by atoms with Crippen LogP contribution in [0.1, 0.15) is 39.2 Å². The van der Waals surface area contributed by atoms with E-state index in [4.69, 9.17) is 4.74 Å². The lowest BCUT2D eigenvalue weighted by molar-refractivity contribution is -0.176. The van der Waals surface area contributed by atoms with Gasteiger partial charge in [0.25, 0.3) is 0 Å². The molecule has 29 heavy (non-hydrogen) atoms. The van der Waals surface area contributed by atoms with Gasteiger partial charge < -0.3 is 14.7 Å². The van der Waals surface area contributed by atoms with Crippen molar-refractivity contribution in [1.82, 2.24) is 9.80 Å². The Kier molecular flexibility index (Phi) is 6.73. The maximum Gasteiger partial charge on any atom is 0.316 e. The second-order valence-corrected chi connectivity index (χ2v) is 8.42. The number of hydrogen-bond donors (Lipinski definition) is 1. The number of carboxylic acid groups (broad SMARTS) is 1. The number of nitrogens with zero attached hydrogens (tertiary/aromatic N) is 2. The van der Waals surface area contributed by atoms with Crippen LogP contribution in [0.15, 0.2) is 24.3 Å². The molecular weight excluding hydrogens is 372 g/mol. The van der Waals surface area contributed by atoms with E-state index in [9.17, 15) is 19.5 Å². The summed E-state index contributed by atoms with van der Waals surface area (Å²) in [7, 11) is 5.45. The molecule has 2 atom stereocenters. The predicted octanol–water partition coefficient (Wildman–Crippen LogP) is 2.39. The van der Waals surface area contributed by atoms with Crippen molar-refractivity contribution in [1.29, 1.82) is 0 Å². The van der Waals surface area contributed by atoms with E-state index in [0.29, 0.717) is 24.2 Å². The fourth-order valence-electron chi connectivity index (χ4n) is 4.65. The highest BCUT2D eigenvalue weighted by Crippen LogP contribution is 2.54. The van der Waals surface area contributed by atoms with E-state index in [0.717, 1.165) is 11.4 Å². The summed E-state index contributed by atoms with van der Waals surface area (Å²) < 4.78 is 5.37. The Hall–Kier alpha value is -2.41. The first-order valence-corrected chi connectivity index (χ1v) is 9.92. The second-order valence-electron chi connectivity index (χ2n) is 8.42. The van der Waals surface area contributed by atoms with Crippen LogP contribution >= 0.6 is 0 Å². The van der Waals surface area contributed by atoms with E-state index in [2.05, 4.69) is 0 Å². The lowest BCUT2D eigenvalue weighted by atomic mass is 9.51. The molecule has 0 radical (unpaired) electrons. The summed E-state index contributed by atoms with van der Waals surface area (Å²) in [6.07, 6.45) is 1.11. The Morgan fingerprint density at radius 3 is 2.45 bits per heavy atom. The van der Waals surface area contributed by atoms with Gasteiger partial charge in [0.15, 0.2) is 0 Å². The van der Waals surface area contributed by atoms with Crippen LogP contribution in [0, 0.1) is 11.3 Å². The number of benzene rings is 1. The zero-order chi connectivity index (χ0) is 22.0. The number of likely N-dealkylation sites (tertiary alicyclic amines) is 1. The number of aliphatic carboxylic acids is 1. The number of carbonyl (C=O) groups is 3. The minimum absolute atomic E-state index is 0.136. The Balaban J connectivity index is 2.77. The van der Waals surface area contributed by atoms with Gasteiger partial charge in [0.2, 0.25) is 11.8 Å². The molecule has 1 fully saturated rings. The molecule has 1 heterocycles. The first-order chi connectivity index (χ1) is 13.5. The van der Waals surface area contributed by atoms with Crippen molar-refractivity contribution in [3.05, 3.63) is 29.8 Å².